The topological polar surface area (TPSA) is 112 Å². The monoisotopic (exact) mass is 422 g/mol. The molecular weight excluding hydrogens is 400 g/mol. The number of urea groups is 1. The van der Waals surface area contributed by atoms with Gasteiger partial charge in [-0.15, -0.1) is 0 Å². The lowest BCUT2D eigenvalue weighted by Gasteiger charge is -2.33. The zero-order chi connectivity index (χ0) is 21.6. The van der Waals surface area contributed by atoms with E-state index >= 15 is 0 Å². The van der Waals surface area contributed by atoms with E-state index in [1.807, 2.05) is 0 Å². The van der Waals surface area contributed by atoms with Crippen LogP contribution in [0, 0.1) is 0 Å². The number of aromatic nitrogens is 1. The predicted octanol–water partition coefficient (Wildman–Crippen LogP) is 1.66. The normalized spacial score (nSPS) is 22.5. The Morgan fingerprint density at radius 3 is 2.71 bits per heavy atom. The fourth-order valence-electron chi connectivity index (χ4n) is 4.52. The summed E-state index contributed by atoms with van der Waals surface area (Å²) in [6, 6.07) is 7.96. The lowest BCUT2D eigenvalue weighted by Crippen LogP contribution is -2.47. The number of aromatic amines is 1. The van der Waals surface area contributed by atoms with Crippen LogP contribution in [0.2, 0.25) is 0 Å². The number of amides is 4. The van der Waals surface area contributed by atoms with Gasteiger partial charge in [-0.25, -0.2) is 4.79 Å². The maximum atomic E-state index is 13.3. The lowest BCUT2D eigenvalue weighted by molar-refractivity contribution is -0.132. The fraction of sp³-hybridized carbons (Fsp3) is 0.364. The van der Waals surface area contributed by atoms with Crippen molar-refractivity contribution in [3.8, 4) is 5.75 Å². The van der Waals surface area contributed by atoms with E-state index in [1.54, 1.807) is 29.2 Å². The number of hydrogen-bond acceptors (Lipinski definition) is 5. The third kappa shape index (κ3) is 3.08. The standard InChI is InChI=1S/C22H22N4O5/c27-17(14-11-16(23-12-14)19(28)25-8-3-4-9-25)13-26-20(29)22(24-21(26)30)7-10-31-18-6-2-1-5-15(18)22/h1-2,5-6,11-12,23H,3-4,7-10,13H2,(H,24,30). The Morgan fingerprint density at radius 2 is 1.90 bits per heavy atom. The second kappa shape index (κ2) is 7.26. The van der Waals surface area contributed by atoms with E-state index in [4.69, 9.17) is 4.74 Å². The van der Waals surface area contributed by atoms with Crippen LogP contribution in [0.5, 0.6) is 5.75 Å². The van der Waals surface area contributed by atoms with Gasteiger partial charge in [0.25, 0.3) is 11.8 Å². The van der Waals surface area contributed by atoms with Crippen molar-refractivity contribution in [2.24, 2.45) is 0 Å². The molecule has 9 nitrogen and oxygen atoms in total. The van der Waals surface area contributed by atoms with Crippen LogP contribution in [0.1, 0.15) is 45.7 Å². The molecule has 3 aliphatic rings. The highest BCUT2D eigenvalue weighted by Gasteiger charge is 2.55. The van der Waals surface area contributed by atoms with Crippen LogP contribution in [-0.2, 0) is 10.3 Å². The van der Waals surface area contributed by atoms with Gasteiger partial charge in [0.05, 0.1) is 13.2 Å². The van der Waals surface area contributed by atoms with Gasteiger partial charge < -0.3 is 19.9 Å². The van der Waals surface area contributed by atoms with Gasteiger partial charge in [0.2, 0.25) is 0 Å². The molecule has 1 atom stereocenters. The maximum Gasteiger partial charge on any atom is 0.325 e. The first kappa shape index (κ1) is 19.3. The number of hydrogen-bond donors (Lipinski definition) is 2. The average molecular weight is 422 g/mol. The first-order chi connectivity index (χ1) is 15.0. The summed E-state index contributed by atoms with van der Waals surface area (Å²) in [6.07, 6.45) is 3.68. The summed E-state index contributed by atoms with van der Waals surface area (Å²) in [4.78, 5) is 56.8. The minimum absolute atomic E-state index is 0.149. The van der Waals surface area contributed by atoms with Crippen molar-refractivity contribution < 1.29 is 23.9 Å². The molecule has 1 aromatic heterocycles. The molecule has 2 N–H and O–H groups in total. The Hall–Kier alpha value is -3.62. The minimum atomic E-state index is -1.22. The van der Waals surface area contributed by atoms with Crippen molar-refractivity contribution in [3.05, 3.63) is 53.3 Å². The van der Waals surface area contributed by atoms with Crippen molar-refractivity contribution in [2.45, 2.75) is 24.8 Å². The van der Waals surface area contributed by atoms with Crippen LogP contribution in [0.4, 0.5) is 4.79 Å². The molecule has 2 fully saturated rings. The molecule has 4 heterocycles. The van der Waals surface area contributed by atoms with E-state index in [2.05, 4.69) is 10.3 Å². The van der Waals surface area contributed by atoms with E-state index < -0.39 is 29.8 Å². The smallest absolute Gasteiger partial charge is 0.325 e. The van der Waals surface area contributed by atoms with Crippen molar-refractivity contribution in [3.63, 3.8) is 0 Å². The molecular formula is C22H22N4O5. The molecule has 0 aliphatic carbocycles. The number of ether oxygens (including phenoxy) is 1. The van der Waals surface area contributed by atoms with Crippen molar-refractivity contribution in [1.29, 1.82) is 0 Å². The largest absolute Gasteiger partial charge is 0.493 e. The van der Waals surface area contributed by atoms with E-state index in [0.29, 0.717) is 30.1 Å². The summed E-state index contributed by atoms with van der Waals surface area (Å²) < 4.78 is 5.62. The van der Waals surface area contributed by atoms with Crippen LogP contribution in [0.25, 0.3) is 0 Å². The SMILES string of the molecule is O=C(CN1C(=O)NC2(CCOc3ccccc32)C1=O)c1c[nH]c(C(=O)N2CCCC2)c1. The van der Waals surface area contributed by atoms with E-state index in [9.17, 15) is 19.2 Å². The molecule has 160 valence electrons. The Morgan fingerprint density at radius 1 is 1.13 bits per heavy atom. The zero-order valence-corrected chi connectivity index (χ0v) is 16.8. The predicted molar refractivity (Wildman–Crippen MR) is 109 cm³/mol. The average Bonchev–Trinajstić information content (AvgIpc) is 3.52. The number of nitrogens with one attached hydrogen (secondary N) is 2. The highest BCUT2D eigenvalue weighted by molar-refractivity contribution is 6.12. The molecule has 3 aliphatic heterocycles. The summed E-state index contributed by atoms with van der Waals surface area (Å²) in [5.41, 5.74) is -0.0373. The molecule has 1 spiro atoms. The van der Waals surface area contributed by atoms with Gasteiger partial charge in [-0.05, 0) is 25.0 Å². The van der Waals surface area contributed by atoms with Gasteiger partial charge in [-0.2, -0.15) is 0 Å². The van der Waals surface area contributed by atoms with Crippen LogP contribution in [0.3, 0.4) is 0 Å². The van der Waals surface area contributed by atoms with Gasteiger partial charge in [0.1, 0.15) is 11.4 Å². The quantitative estimate of drug-likeness (QED) is 0.575. The van der Waals surface area contributed by atoms with Crippen molar-refractivity contribution >= 4 is 23.6 Å². The highest BCUT2D eigenvalue weighted by Crippen LogP contribution is 2.40. The first-order valence-electron chi connectivity index (χ1n) is 10.4. The van der Waals surface area contributed by atoms with Gasteiger partial charge in [0, 0.05) is 36.8 Å². The maximum absolute atomic E-state index is 13.3. The summed E-state index contributed by atoms with van der Waals surface area (Å²) in [5.74, 6) is -0.487. The van der Waals surface area contributed by atoms with Crippen molar-refractivity contribution in [1.82, 2.24) is 20.1 Å². The van der Waals surface area contributed by atoms with Crippen LogP contribution in [0.15, 0.2) is 36.5 Å². The molecule has 5 rings (SSSR count). The number of nitrogens with zero attached hydrogens (tertiary/aromatic N) is 2. The van der Waals surface area contributed by atoms with E-state index in [0.717, 1.165) is 17.7 Å². The lowest BCUT2D eigenvalue weighted by atomic mass is 9.84. The van der Waals surface area contributed by atoms with E-state index in [-0.39, 0.29) is 24.5 Å². The van der Waals surface area contributed by atoms with Gasteiger partial charge in [-0.1, -0.05) is 18.2 Å². The number of Topliss-reactive ketones (excluding diaryl/α,β-unsaturated/α-hetero) is 1. The molecule has 9 heteroatoms. The summed E-state index contributed by atoms with van der Waals surface area (Å²) in [7, 11) is 0. The molecule has 1 aromatic carbocycles. The second-order valence-electron chi connectivity index (χ2n) is 8.05. The van der Waals surface area contributed by atoms with Crippen LogP contribution >= 0.6 is 0 Å². The van der Waals surface area contributed by atoms with Crippen molar-refractivity contribution in [2.75, 3.05) is 26.2 Å². The first-order valence-corrected chi connectivity index (χ1v) is 10.4. The van der Waals surface area contributed by atoms with Gasteiger partial charge in [0.15, 0.2) is 11.3 Å². The number of para-hydroxylation sites is 1. The number of carbonyl (C=O) groups is 4. The summed E-state index contributed by atoms with van der Waals surface area (Å²) in [6.45, 7) is 1.29. The highest BCUT2D eigenvalue weighted by atomic mass is 16.5. The number of benzene rings is 1. The molecule has 0 saturated carbocycles. The summed E-state index contributed by atoms with van der Waals surface area (Å²) >= 11 is 0. The molecule has 4 amide bonds. The zero-order valence-electron chi connectivity index (χ0n) is 16.8. The third-order valence-electron chi connectivity index (χ3n) is 6.19. The number of carbonyl (C=O) groups excluding carboxylic acids is 4. The van der Waals surface area contributed by atoms with Gasteiger partial charge in [-0.3, -0.25) is 19.3 Å². The Labute approximate surface area is 178 Å². The minimum Gasteiger partial charge on any atom is -0.493 e. The Balaban J connectivity index is 1.34. The molecule has 0 radical (unpaired) electrons. The van der Waals surface area contributed by atoms with E-state index in [1.165, 1.54) is 12.3 Å². The number of ketones is 1. The molecule has 31 heavy (non-hydrogen) atoms. The number of fused-ring (bicyclic) bond motifs is 2. The Bertz CT molecular complexity index is 1090. The number of imide groups is 1. The van der Waals surface area contributed by atoms with Crippen LogP contribution < -0.4 is 10.1 Å². The van der Waals surface area contributed by atoms with Crippen LogP contribution in [-0.4, -0.2) is 64.7 Å². The Kier molecular flexibility index (Phi) is 4.53. The number of H-pyrrole nitrogens is 1. The second-order valence-corrected chi connectivity index (χ2v) is 8.05. The molecule has 0 bridgehead atoms. The molecule has 1 unspecified atom stereocenters. The van der Waals surface area contributed by atoms with Gasteiger partial charge >= 0.3 is 6.03 Å². The number of likely N-dealkylation sites (tertiary alicyclic amines) is 1. The molecule has 2 aromatic rings. The third-order valence-corrected chi connectivity index (χ3v) is 6.19. The number of rotatable bonds is 4. The molecule has 2 saturated heterocycles. The fourth-order valence-corrected chi connectivity index (χ4v) is 4.52. The summed E-state index contributed by atoms with van der Waals surface area (Å²) in [5, 5.41) is 2.78.